The highest BCUT2D eigenvalue weighted by molar-refractivity contribution is 6.32. The Morgan fingerprint density at radius 3 is 2.04 bits per heavy atom. The second-order valence-electron chi connectivity index (χ2n) is 8.75. The van der Waals surface area contributed by atoms with E-state index < -0.39 is 11.7 Å². The molecule has 0 aliphatic heterocycles. The van der Waals surface area contributed by atoms with Gasteiger partial charge < -0.3 is 5.11 Å². The zero-order valence-electron chi connectivity index (χ0n) is 16.7. The summed E-state index contributed by atoms with van der Waals surface area (Å²) < 4.78 is 38.2. The van der Waals surface area contributed by atoms with Crippen molar-refractivity contribution >= 4 is 23.6 Å². The fourth-order valence-corrected chi connectivity index (χ4v) is 2.79. The smallest absolute Gasteiger partial charge is 0.417 e. The van der Waals surface area contributed by atoms with E-state index in [1.807, 2.05) is 32.9 Å². The Bertz CT molecular complexity index is 908. The molecule has 0 aliphatic rings. The van der Waals surface area contributed by atoms with Gasteiger partial charge in [-0.2, -0.15) is 13.2 Å². The number of aromatic nitrogens is 1. The van der Waals surface area contributed by atoms with Crippen molar-refractivity contribution in [2.24, 2.45) is 4.99 Å². The van der Waals surface area contributed by atoms with E-state index in [2.05, 4.69) is 30.7 Å². The van der Waals surface area contributed by atoms with Crippen LogP contribution in [0, 0.1) is 0 Å². The van der Waals surface area contributed by atoms with E-state index in [1.54, 1.807) is 0 Å². The third-order valence-corrected chi connectivity index (χ3v) is 4.57. The van der Waals surface area contributed by atoms with Crippen molar-refractivity contribution in [1.82, 2.24) is 4.98 Å². The summed E-state index contributed by atoms with van der Waals surface area (Å²) in [5.74, 6) is 0.0276. The number of phenols is 1. The van der Waals surface area contributed by atoms with Gasteiger partial charge in [0, 0.05) is 23.5 Å². The topological polar surface area (TPSA) is 45.5 Å². The fourth-order valence-electron chi connectivity index (χ4n) is 2.57. The quantitative estimate of drug-likeness (QED) is 0.551. The van der Waals surface area contributed by atoms with Crippen LogP contribution < -0.4 is 0 Å². The Labute approximate surface area is 168 Å². The maximum atomic E-state index is 12.7. The first kappa shape index (κ1) is 22.2. The largest absolute Gasteiger partial charge is 0.507 e. The summed E-state index contributed by atoms with van der Waals surface area (Å²) in [4.78, 5) is 7.81. The number of pyridine rings is 1. The molecule has 2 rings (SSSR count). The van der Waals surface area contributed by atoms with Crippen LogP contribution in [0.4, 0.5) is 19.0 Å². The molecule has 1 aromatic carbocycles. The van der Waals surface area contributed by atoms with Crippen molar-refractivity contribution < 1.29 is 18.3 Å². The summed E-state index contributed by atoms with van der Waals surface area (Å²) in [6.45, 7) is 12.1. The lowest BCUT2D eigenvalue weighted by Crippen LogP contribution is -2.17. The van der Waals surface area contributed by atoms with Crippen LogP contribution in [-0.4, -0.2) is 16.3 Å². The molecule has 152 valence electrons. The highest BCUT2D eigenvalue weighted by Gasteiger charge is 2.31. The standard InChI is InChI=1S/C21H24ClF3N2O/c1-19(2,3)13-7-12(17(28)15(8-13)20(4,5)6)10-26-18-16(22)9-14(11-27-18)21(23,24)25/h7-11,28H,1-6H3/b26-10+. The number of aromatic hydroxyl groups is 1. The molecular weight excluding hydrogens is 389 g/mol. The minimum Gasteiger partial charge on any atom is -0.507 e. The number of alkyl halides is 3. The lowest BCUT2D eigenvalue weighted by molar-refractivity contribution is -0.137. The summed E-state index contributed by atoms with van der Waals surface area (Å²) in [6.07, 6.45) is -2.47. The zero-order valence-corrected chi connectivity index (χ0v) is 17.5. The maximum Gasteiger partial charge on any atom is 0.417 e. The predicted molar refractivity (Wildman–Crippen MR) is 107 cm³/mol. The van der Waals surface area contributed by atoms with Crippen LogP contribution in [0.2, 0.25) is 5.02 Å². The van der Waals surface area contributed by atoms with Gasteiger partial charge >= 0.3 is 6.18 Å². The van der Waals surface area contributed by atoms with Gasteiger partial charge in [0.1, 0.15) is 5.75 Å². The molecular formula is C21H24ClF3N2O. The van der Waals surface area contributed by atoms with Gasteiger partial charge in [-0.3, -0.25) is 0 Å². The van der Waals surface area contributed by atoms with Gasteiger partial charge in [-0.1, -0.05) is 59.2 Å². The van der Waals surface area contributed by atoms with Gasteiger partial charge in [0.2, 0.25) is 0 Å². The SMILES string of the molecule is CC(C)(C)c1cc(/C=N/c2ncc(C(F)(F)F)cc2Cl)c(O)c(C(C)(C)C)c1. The molecule has 7 heteroatoms. The minimum atomic E-state index is -4.53. The molecule has 0 bridgehead atoms. The van der Waals surface area contributed by atoms with Crippen LogP contribution in [0.5, 0.6) is 5.75 Å². The first-order valence-electron chi connectivity index (χ1n) is 8.75. The monoisotopic (exact) mass is 412 g/mol. The third-order valence-electron chi connectivity index (χ3n) is 4.29. The molecule has 3 nitrogen and oxygen atoms in total. The number of hydrogen-bond donors (Lipinski definition) is 1. The van der Waals surface area contributed by atoms with Gasteiger partial charge in [0.25, 0.3) is 0 Å². The third kappa shape index (κ3) is 5.04. The Balaban J connectivity index is 2.54. The van der Waals surface area contributed by atoms with Gasteiger partial charge in [0.05, 0.1) is 10.6 Å². The summed E-state index contributed by atoms with van der Waals surface area (Å²) in [6, 6.07) is 4.56. The molecule has 0 saturated heterocycles. The van der Waals surface area contributed by atoms with E-state index in [0.717, 1.165) is 17.2 Å². The molecule has 0 radical (unpaired) electrons. The van der Waals surface area contributed by atoms with Crippen LogP contribution in [0.25, 0.3) is 0 Å². The molecule has 0 atom stereocenters. The molecule has 1 aromatic heterocycles. The number of phenolic OH excluding ortho intramolecular Hbond substituents is 1. The Morgan fingerprint density at radius 1 is 0.964 bits per heavy atom. The average Bonchev–Trinajstić information content (AvgIpc) is 2.51. The van der Waals surface area contributed by atoms with Crippen LogP contribution >= 0.6 is 11.6 Å². The van der Waals surface area contributed by atoms with E-state index in [4.69, 9.17) is 11.6 Å². The van der Waals surface area contributed by atoms with E-state index in [9.17, 15) is 18.3 Å². The Hall–Kier alpha value is -2.08. The van der Waals surface area contributed by atoms with E-state index in [-0.39, 0.29) is 27.4 Å². The molecule has 0 amide bonds. The van der Waals surface area contributed by atoms with Crippen molar-refractivity contribution in [2.75, 3.05) is 0 Å². The Morgan fingerprint density at radius 2 is 1.57 bits per heavy atom. The number of aliphatic imine (C=N–C) groups is 1. The fraction of sp³-hybridized carbons (Fsp3) is 0.429. The van der Waals surface area contributed by atoms with Crippen molar-refractivity contribution in [3.05, 3.63) is 51.7 Å². The van der Waals surface area contributed by atoms with Gasteiger partial charge in [-0.25, -0.2) is 9.98 Å². The molecule has 0 fully saturated rings. The molecule has 0 saturated carbocycles. The van der Waals surface area contributed by atoms with Crippen molar-refractivity contribution in [2.45, 2.75) is 58.5 Å². The number of nitrogens with zero attached hydrogens (tertiary/aromatic N) is 2. The van der Waals surface area contributed by atoms with Gasteiger partial charge in [-0.05, 0) is 28.5 Å². The number of benzene rings is 1. The second-order valence-corrected chi connectivity index (χ2v) is 9.15. The van der Waals surface area contributed by atoms with Gasteiger partial charge in [0.15, 0.2) is 5.82 Å². The molecule has 0 unspecified atom stereocenters. The molecule has 28 heavy (non-hydrogen) atoms. The van der Waals surface area contributed by atoms with Crippen LogP contribution in [0.15, 0.2) is 29.4 Å². The van der Waals surface area contributed by atoms with Crippen molar-refractivity contribution in [1.29, 1.82) is 0 Å². The lowest BCUT2D eigenvalue weighted by Gasteiger charge is -2.26. The molecule has 1 heterocycles. The summed E-state index contributed by atoms with van der Waals surface area (Å²) in [7, 11) is 0. The van der Waals surface area contributed by atoms with E-state index in [0.29, 0.717) is 11.8 Å². The lowest BCUT2D eigenvalue weighted by atomic mass is 9.79. The number of halogens is 4. The number of rotatable bonds is 2. The van der Waals surface area contributed by atoms with Gasteiger partial charge in [-0.15, -0.1) is 0 Å². The zero-order chi connectivity index (χ0) is 21.5. The highest BCUT2D eigenvalue weighted by Crippen LogP contribution is 2.38. The van der Waals surface area contributed by atoms with E-state index in [1.165, 1.54) is 6.21 Å². The van der Waals surface area contributed by atoms with Crippen LogP contribution in [0.3, 0.4) is 0 Å². The molecule has 0 aliphatic carbocycles. The molecule has 2 aromatic rings. The maximum absolute atomic E-state index is 12.7. The molecule has 0 spiro atoms. The Kier molecular flexibility index (Phi) is 5.86. The van der Waals surface area contributed by atoms with Crippen LogP contribution in [-0.2, 0) is 17.0 Å². The summed E-state index contributed by atoms with van der Waals surface area (Å²) >= 11 is 5.91. The molecule has 1 N–H and O–H groups in total. The normalized spacial score (nSPS) is 13.4. The first-order chi connectivity index (χ1) is 12.6. The minimum absolute atomic E-state index is 0.0486. The first-order valence-corrected chi connectivity index (χ1v) is 9.13. The van der Waals surface area contributed by atoms with Crippen LogP contribution in [0.1, 0.15) is 63.8 Å². The second kappa shape index (κ2) is 7.39. The van der Waals surface area contributed by atoms with Crippen molar-refractivity contribution in [3.63, 3.8) is 0 Å². The van der Waals surface area contributed by atoms with Crippen molar-refractivity contribution in [3.8, 4) is 5.75 Å². The average molecular weight is 413 g/mol. The predicted octanol–water partition coefficient (Wildman–Crippen LogP) is 6.81. The number of hydrogen-bond acceptors (Lipinski definition) is 3. The highest BCUT2D eigenvalue weighted by atomic mass is 35.5. The summed E-state index contributed by atoms with van der Waals surface area (Å²) in [5, 5.41) is 10.5. The van der Waals surface area contributed by atoms with E-state index >= 15 is 0 Å². The summed E-state index contributed by atoms with van der Waals surface area (Å²) in [5.41, 5.74) is 0.800.